The molecule has 0 N–H and O–H groups in total. The molecular formula is C24H23N3O3S. The molecule has 0 aliphatic carbocycles. The molecule has 0 atom stereocenters. The Kier molecular flexibility index (Phi) is 6.43. The number of methoxy groups -OCH3 is 1. The van der Waals surface area contributed by atoms with Gasteiger partial charge in [0.1, 0.15) is 11.5 Å². The molecular weight excluding hydrogens is 410 g/mol. The van der Waals surface area contributed by atoms with E-state index >= 15 is 0 Å². The van der Waals surface area contributed by atoms with E-state index in [0.29, 0.717) is 21.9 Å². The summed E-state index contributed by atoms with van der Waals surface area (Å²) < 4.78 is 13.0. The van der Waals surface area contributed by atoms with Crippen LogP contribution in [0.25, 0.3) is 23.2 Å². The number of fused-ring (bicyclic) bond motifs is 1. The lowest BCUT2D eigenvalue weighted by atomic mass is 10.2. The number of hydrogen-bond acceptors (Lipinski definition) is 6. The van der Waals surface area contributed by atoms with Crippen molar-refractivity contribution < 1.29 is 9.47 Å². The number of hydrogen-bond donors (Lipinski definition) is 0. The van der Waals surface area contributed by atoms with Gasteiger partial charge in [-0.25, -0.2) is 0 Å². The van der Waals surface area contributed by atoms with Crippen LogP contribution in [0.1, 0.15) is 36.7 Å². The molecule has 158 valence electrons. The van der Waals surface area contributed by atoms with Crippen LogP contribution in [0.5, 0.6) is 11.5 Å². The molecule has 0 spiro atoms. The third-order valence-electron chi connectivity index (χ3n) is 4.70. The number of ether oxygens (including phenoxy) is 2. The maximum absolute atomic E-state index is 12.8. The Balaban J connectivity index is 1.59. The fourth-order valence-electron chi connectivity index (χ4n) is 3.00. The van der Waals surface area contributed by atoms with Crippen LogP contribution in [0.2, 0.25) is 0 Å². The van der Waals surface area contributed by atoms with Gasteiger partial charge >= 0.3 is 0 Å². The van der Waals surface area contributed by atoms with Crippen LogP contribution in [0.3, 0.4) is 0 Å². The molecule has 0 saturated carbocycles. The molecule has 6 nitrogen and oxygen atoms in total. The molecule has 0 aliphatic rings. The van der Waals surface area contributed by atoms with Gasteiger partial charge in [-0.3, -0.25) is 4.79 Å². The second-order valence-electron chi connectivity index (χ2n) is 6.93. The van der Waals surface area contributed by atoms with Crippen LogP contribution >= 0.6 is 11.3 Å². The standard InChI is InChI=1S/C24H23N3O3S/c1-3-4-15-30-20-8-6-5-7-18(20)16-21-23(28)27-24(31-21)25-22(26-27)14-11-17-9-12-19(29-2)13-10-17/h5-14,16H,3-4,15H2,1-2H3/b14-11+,21-16+. The van der Waals surface area contributed by atoms with Crippen molar-refractivity contribution in [2.45, 2.75) is 19.8 Å². The molecule has 2 heterocycles. The molecule has 7 heteroatoms. The van der Waals surface area contributed by atoms with Crippen molar-refractivity contribution in [2.75, 3.05) is 13.7 Å². The molecule has 0 amide bonds. The summed E-state index contributed by atoms with van der Waals surface area (Å²) in [6.07, 6.45) is 7.60. The van der Waals surface area contributed by atoms with Crippen molar-refractivity contribution in [1.29, 1.82) is 0 Å². The largest absolute Gasteiger partial charge is 0.497 e. The van der Waals surface area contributed by atoms with Gasteiger partial charge < -0.3 is 9.47 Å². The number of thiazole rings is 1. The third kappa shape index (κ3) is 4.83. The second kappa shape index (κ2) is 9.57. The van der Waals surface area contributed by atoms with E-state index in [1.807, 2.05) is 60.7 Å². The lowest BCUT2D eigenvalue weighted by Gasteiger charge is -2.07. The Morgan fingerprint density at radius 3 is 2.65 bits per heavy atom. The summed E-state index contributed by atoms with van der Waals surface area (Å²) in [5.41, 5.74) is 1.69. The summed E-state index contributed by atoms with van der Waals surface area (Å²) in [6.45, 7) is 2.78. The van der Waals surface area contributed by atoms with Gasteiger partial charge in [0.15, 0.2) is 5.82 Å². The van der Waals surface area contributed by atoms with E-state index in [9.17, 15) is 4.79 Å². The summed E-state index contributed by atoms with van der Waals surface area (Å²) in [4.78, 5) is 17.9. The van der Waals surface area contributed by atoms with Crippen LogP contribution in [-0.2, 0) is 0 Å². The summed E-state index contributed by atoms with van der Waals surface area (Å²) in [7, 11) is 1.64. The van der Waals surface area contributed by atoms with Gasteiger partial charge in [-0.05, 0) is 42.3 Å². The van der Waals surface area contributed by atoms with Gasteiger partial charge in [-0.15, -0.1) is 5.10 Å². The zero-order valence-electron chi connectivity index (χ0n) is 17.4. The minimum atomic E-state index is -0.181. The smallest absolute Gasteiger partial charge is 0.291 e. The maximum atomic E-state index is 12.8. The molecule has 0 saturated heterocycles. The lowest BCUT2D eigenvalue weighted by molar-refractivity contribution is 0.309. The molecule has 0 radical (unpaired) electrons. The highest BCUT2D eigenvalue weighted by Crippen LogP contribution is 2.19. The Morgan fingerprint density at radius 2 is 1.90 bits per heavy atom. The topological polar surface area (TPSA) is 65.7 Å². The molecule has 0 fully saturated rings. The zero-order chi connectivity index (χ0) is 21.6. The van der Waals surface area contributed by atoms with Crippen molar-refractivity contribution in [2.24, 2.45) is 0 Å². The van der Waals surface area contributed by atoms with E-state index in [4.69, 9.17) is 9.47 Å². The minimum Gasteiger partial charge on any atom is -0.497 e. The fraction of sp³-hybridized carbons (Fsp3) is 0.208. The molecule has 0 aliphatic heterocycles. The van der Waals surface area contributed by atoms with Crippen LogP contribution in [0.15, 0.2) is 53.3 Å². The highest BCUT2D eigenvalue weighted by Gasteiger charge is 2.10. The lowest BCUT2D eigenvalue weighted by Crippen LogP contribution is -2.23. The zero-order valence-corrected chi connectivity index (χ0v) is 18.3. The summed E-state index contributed by atoms with van der Waals surface area (Å²) in [6, 6.07) is 15.4. The van der Waals surface area contributed by atoms with E-state index < -0.39 is 0 Å². The highest BCUT2D eigenvalue weighted by atomic mass is 32.1. The van der Waals surface area contributed by atoms with Crippen molar-refractivity contribution in [3.8, 4) is 11.5 Å². The normalized spacial score (nSPS) is 12.1. The van der Waals surface area contributed by atoms with Crippen molar-refractivity contribution in [3.63, 3.8) is 0 Å². The Bertz CT molecular complexity index is 1310. The van der Waals surface area contributed by atoms with Crippen molar-refractivity contribution in [1.82, 2.24) is 14.6 Å². The molecule has 0 bridgehead atoms. The quantitative estimate of drug-likeness (QED) is 0.392. The molecule has 0 unspecified atom stereocenters. The predicted molar refractivity (Wildman–Crippen MR) is 125 cm³/mol. The number of para-hydroxylation sites is 1. The summed E-state index contributed by atoms with van der Waals surface area (Å²) >= 11 is 1.32. The van der Waals surface area contributed by atoms with Gasteiger partial charge in [0, 0.05) is 5.56 Å². The van der Waals surface area contributed by atoms with Crippen LogP contribution < -0.4 is 19.6 Å². The van der Waals surface area contributed by atoms with E-state index in [2.05, 4.69) is 17.0 Å². The average molecular weight is 434 g/mol. The molecule has 4 rings (SSSR count). The number of rotatable bonds is 8. The third-order valence-corrected chi connectivity index (χ3v) is 5.66. The minimum absolute atomic E-state index is 0.181. The fourth-order valence-corrected chi connectivity index (χ4v) is 3.91. The first-order valence-electron chi connectivity index (χ1n) is 10.1. The second-order valence-corrected chi connectivity index (χ2v) is 7.94. The Morgan fingerprint density at radius 1 is 1.10 bits per heavy atom. The van der Waals surface area contributed by atoms with Crippen LogP contribution in [0.4, 0.5) is 0 Å². The Hall–Kier alpha value is -3.45. The van der Waals surface area contributed by atoms with Gasteiger partial charge in [0.2, 0.25) is 4.96 Å². The predicted octanol–water partition coefficient (Wildman–Crippen LogP) is 4.06. The summed E-state index contributed by atoms with van der Waals surface area (Å²) in [5.74, 6) is 2.07. The average Bonchev–Trinajstić information content (AvgIpc) is 3.32. The molecule has 2 aromatic carbocycles. The monoisotopic (exact) mass is 433 g/mol. The van der Waals surface area contributed by atoms with E-state index in [-0.39, 0.29) is 5.56 Å². The number of unbranched alkanes of at least 4 members (excludes halogenated alkanes) is 1. The SMILES string of the molecule is CCCCOc1ccccc1/C=c1/sc2nc(/C=C/c3ccc(OC)cc3)nn2c1=O. The van der Waals surface area contributed by atoms with Crippen LogP contribution in [-0.4, -0.2) is 28.3 Å². The van der Waals surface area contributed by atoms with Gasteiger partial charge in [0.05, 0.1) is 18.2 Å². The summed E-state index contributed by atoms with van der Waals surface area (Å²) in [5, 5.41) is 4.35. The highest BCUT2D eigenvalue weighted by molar-refractivity contribution is 7.15. The number of aromatic nitrogens is 3. The van der Waals surface area contributed by atoms with Crippen LogP contribution in [0, 0.1) is 0 Å². The Labute approximate surface area is 184 Å². The first-order chi connectivity index (χ1) is 15.2. The molecule has 31 heavy (non-hydrogen) atoms. The molecule has 4 aromatic rings. The molecule has 2 aromatic heterocycles. The van der Waals surface area contributed by atoms with E-state index in [1.54, 1.807) is 13.2 Å². The van der Waals surface area contributed by atoms with E-state index in [0.717, 1.165) is 35.5 Å². The van der Waals surface area contributed by atoms with Gasteiger partial charge in [0.25, 0.3) is 5.56 Å². The van der Waals surface area contributed by atoms with Gasteiger partial charge in [-0.2, -0.15) is 9.50 Å². The first kappa shape index (κ1) is 20.8. The maximum Gasteiger partial charge on any atom is 0.291 e. The van der Waals surface area contributed by atoms with Crippen molar-refractivity contribution >= 4 is 34.5 Å². The first-order valence-corrected chi connectivity index (χ1v) is 10.9. The van der Waals surface area contributed by atoms with Crippen molar-refractivity contribution in [3.05, 3.63) is 80.4 Å². The number of nitrogens with zero attached hydrogens (tertiary/aromatic N) is 3. The van der Waals surface area contributed by atoms with Gasteiger partial charge in [-0.1, -0.05) is 61.1 Å². The van der Waals surface area contributed by atoms with E-state index in [1.165, 1.54) is 15.9 Å². The number of benzene rings is 2.